The molecule has 2 aromatic heterocycles. The summed E-state index contributed by atoms with van der Waals surface area (Å²) in [6.45, 7) is 2.78. The van der Waals surface area contributed by atoms with Gasteiger partial charge < -0.3 is 19.9 Å². The van der Waals surface area contributed by atoms with E-state index in [2.05, 4.69) is 56.6 Å². The SMILES string of the molecule is O=c1cc(N2CCOC(c3cccc4c3Sc3ccc(NCc5ccc(Cl)nc5)cc3S4)C2)cc[nH]1. The lowest BCUT2D eigenvalue weighted by Crippen LogP contribution is -2.39. The molecule has 2 aromatic carbocycles. The first kappa shape index (κ1) is 23.5. The predicted octanol–water partition coefficient (Wildman–Crippen LogP) is 6.23. The normalized spacial score (nSPS) is 16.8. The van der Waals surface area contributed by atoms with E-state index in [-0.39, 0.29) is 11.7 Å². The van der Waals surface area contributed by atoms with Gasteiger partial charge in [-0.2, -0.15) is 0 Å². The zero-order chi connectivity index (χ0) is 24.5. The highest BCUT2D eigenvalue weighted by Crippen LogP contribution is 2.51. The molecule has 0 saturated carbocycles. The van der Waals surface area contributed by atoms with Gasteiger partial charge in [-0.3, -0.25) is 4.79 Å². The van der Waals surface area contributed by atoms with Crippen molar-refractivity contribution in [2.45, 2.75) is 32.2 Å². The fourth-order valence-corrected chi connectivity index (χ4v) is 6.97. The Morgan fingerprint density at radius 3 is 2.89 bits per heavy atom. The molecule has 1 saturated heterocycles. The van der Waals surface area contributed by atoms with Gasteiger partial charge in [0.15, 0.2) is 0 Å². The molecule has 1 unspecified atom stereocenters. The van der Waals surface area contributed by atoms with Crippen LogP contribution in [-0.4, -0.2) is 29.7 Å². The summed E-state index contributed by atoms with van der Waals surface area (Å²) in [5.74, 6) is 0. The van der Waals surface area contributed by atoms with Crippen LogP contribution in [0.3, 0.4) is 0 Å². The zero-order valence-corrected chi connectivity index (χ0v) is 21.6. The minimum absolute atomic E-state index is 0.0587. The highest BCUT2D eigenvalue weighted by molar-refractivity contribution is 8.05. The number of aromatic nitrogens is 2. The van der Waals surface area contributed by atoms with Crippen molar-refractivity contribution in [3.63, 3.8) is 0 Å². The maximum Gasteiger partial charge on any atom is 0.249 e. The third kappa shape index (κ3) is 4.99. The van der Waals surface area contributed by atoms with Crippen molar-refractivity contribution in [2.75, 3.05) is 29.9 Å². The van der Waals surface area contributed by atoms with Crippen molar-refractivity contribution in [3.8, 4) is 0 Å². The van der Waals surface area contributed by atoms with Gasteiger partial charge in [0.2, 0.25) is 5.56 Å². The second kappa shape index (κ2) is 10.2. The average Bonchev–Trinajstić information content (AvgIpc) is 2.91. The molecule has 0 bridgehead atoms. The summed E-state index contributed by atoms with van der Waals surface area (Å²) in [5.41, 5.74) is 4.19. The Bertz CT molecular complexity index is 1460. The second-order valence-electron chi connectivity index (χ2n) is 8.60. The van der Waals surface area contributed by atoms with Crippen LogP contribution in [0.1, 0.15) is 17.2 Å². The number of hydrogen-bond donors (Lipinski definition) is 2. The van der Waals surface area contributed by atoms with E-state index in [4.69, 9.17) is 16.3 Å². The Kier molecular flexibility index (Phi) is 6.67. The van der Waals surface area contributed by atoms with Crippen LogP contribution >= 0.6 is 35.1 Å². The number of aromatic amines is 1. The van der Waals surface area contributed by atoms with Gasteiger partial charge in [0.1, 0.15) is 11.3 Å². The zero-order valence-electron chi connectivity index (χ0n) is 19.2. The van der Waals surface area contributed by atoms with Crippen molar-refractivity contribution in [3.05, 3.63) is 99.7 Å². The molecule has 1 atom stereocenters. The van der Waals surface area contributed by atoms with Crippen LogP contribution in [0.25, 0.3) is 0 Å². The van der Waals surface area contributed by atoms with Gasteiger partial charge in [0.25, 0.3) is 0 Å². The number of anilines is 2. The number of nitrogens with one attached hydrogen (secondary N) is 2. The first-order valence-electron chi connectivity index (χ1n) is 11.6. The van der Waals surface area contributed by atoms with E-state index < -0.39 is 0 Å². The Morgan fingerprint density at radius 1 is 1.08 bits per heavy atom. The molecule has 2 aliphatic heterocycles. The molecule has 0 spiro atoms. The molecule has 4 heterocycles. The van der Waals surface area contributed by atoms with Crippen LogP contribution in [0.5, 0.6) is 0 Å². The lowest BCUT2D eigenvalue weighted by atomic mass is 10.1. The number of pyridine rings is 2. The van der Waals surface area contributed by atoms with Gasteiger partial charge in [-0.1, -0.05) is 53.3 Å². The summed E-state index contributed by atoms with van der Waals surface area (Å²) in [6.07, 6.45) is 3.43. The molecule has 0 aliphatic carbocycles. The quantitative estimate of drug-likeness (QED) is 0.259. The van der Waals surface area contributed by atoms with E-state index in [1.165, 1.54) is 25.1 Å². The summed E-state index contributed by atoms with van der Waals surface area (Å²) in [4.78, 5) is 25.8. The summed E-state index contributed by atoms with van der Waals surface area (Å²) in [6, 6.07) is 20.3. The third-order valence-electron chi connectivity index (χ3n) is 6.21. The summed E-state index contributed by atoms with van der Waals surface area (Å²) in [7, 11) is 0. The molecule has 2 N–H and O–H groups in total. The average molecular weight is 535 g/mol. The molecule has 2 aliphatic rings. The molecule has 6 nitrogen and oxygen atoms in total. The first-order chi connectivity index (χ1) is 17.6. The minimum atomic E-state index is -0.0881. The maximum absolute atomic E-state index is 11.8. The molecule has 9 heteroatoms. The van der Waals surface area contributed by atoms with Crippen molar-refractivity contribution in [2.24, 2.45) is 0 Å². The molecular weight excluding hydrogens is 512 g/mol. The summed E-state index contributed by atoms with van der Waals surface area (Å²) < 4.78 is 6.23. The minimum Gasteiger partial charge on any atom is -0.381 e. The van der Waals surface area contributed by atoms with Gasteiger partial charge in [-0.05, 0) is 47.5 Å². The number of H-pyrrole nitrogens is 1. The van der Waals surface area contributed by atoms with Gasteiger partial charge in [0, 0.05) is 69.1 Å². The smallest absolute Gasteiger partial charge is 0.249 e. The van der Waals surface area contributed by atoms with Gasteiger partial charge >= 0.3 is 0 Å². The number of halogens is 1. The van der Waals surface area contributed by atoms with Crippen molar-refractivity contribution in [1.29, 1.82) is 0 Å². The lowest BCUT2D eigenvalue weighted by molar-refractivity contribution is 0.0379. The molecule has 36 heavy (non-hydrogen) atoms. The van der Waals surface area contributed by atoms with Gasteiger partial charge in [-0.15, -0.1) is 0 Å². The Labute approximate surface area is 222 Å². The Morgan fingerprint density at radius 2 is 2.03 bits per heavy atom. The van der Waals surface area contributed by atoms with Crippen LogP contribution in [0, 0.1) is 0 Å². The molecule has 0 radical (unpaired) electrons. The van der Waals surface area contributed by atoms with Crippen LogP contribution in [0.4, 0.5) is 11.4 Å². The molecular formula is C27H23ClN4O2S2. The van der Waals surface area contributed by atoms with Crippen LogP contribution in [-0.2, 0) is 11.3 Å². The molecule has 182 valence electrons. The topological polar surface area (TPSA) is 70.2 Å². The lowest BCUT2D eigenvalue weighted by Gasteiger charge is -2.36. The largest absolute Gasteiger partial charge is 0.381 e. The number of benzene rings is 2. The number of fused-ring (bicyclic) bond motifs is 2. The van der Waals surface area contributed by atoms with Crippen molar-refractivity contribution in [1.82, 2.24) is 9.97 Å². The molecule has 1 fully saturated rings. The fraction of sp³-hybridized carbons (Fsp3) is 0.185. The molecule has 6 rings (SSSR count). The summed E-state index contributed by atoms with van der Waals surface area (Å²) >= 11 is 9.48. The Hall–Kier alpha value is -2.91. The highest BCUT2D eigenvalue weighted by atomic mass is 35.5. The van der Waals surface area contributed by atoms with Crippen LogP contribution < -0.4 is 15.8 Å². The second-order valence-corrected chi connectivity index (χ2v) is 11.1. The monoisotopic (exact) mass is 534 g/mol. The van der Waals surface area contributed by atoms with Gasteiger partial charge in [0.05, 0.1) is 6.61 Å². The van der Waals surface area contributed by atoms with E-state index in [1.54, 1.807) is 48.1 Å². The van der Waals surface area contributed by atoms with E-state index >= 15 is 0 Å². The maximum atomic E-state index is 11.8. The Balaban J connectivity index is 1.20. The molecule has 4 aromatic rings. The standard InChI is InChI=1S/C27H23ClN4O2S2/c28-25-7-4-17(15-31-25)14-30-18-5-6-22-24(12-18)35-23-3-1-2-20(27(23)36-22)21-16-32(10-11-34-21)19-8-9-29-26(33)13-19/h1-9,12-13,15,21,30H,10-11,14,16H2,(H,29,33). The first-order valence-corrected chi connectivity index (χ1v) is 13.7. The van der Waals surface area contributed by atoms with Crippen molar-refractivity contribution < 1.29 is 4.74 Å². The van der Waals surface area contributed by atoms with Gasteiger partial charge in [-0.25, -0.2) is 4.98 Å². The van der Waals surface area contributed by atoms with E-state index in [0.717, 1.165) is 23.5 Å². The number of rotatable bonds is 5. The van der Waals surface area contributed by atoms with Crippen molar-refractivity contribution >= 4 is 46.5 Å². The van der Waals surface area contributed by atoms with E-state index in [0.29, 0.717) is 24.8 Å². The number of ether oxygens (including phenoxy) is 1. The van der Waals surface area contributed by atoms with Crippen LogP contribution in [0.15, 0.2) is 97.4 Å². The highest BCUT2D eigenvalue weighted by Gasteiger charge is 2.28. The third-order valence-corrected chi connectivity index (χ3v) is 9.04. The fourth-order valence-electron chi connectivity index (χ4n) is 4.40. The molecule has 0 amide bonds. The predicted molar refractivity (Wildman–Crippen MR) is 146 cm³/mol. The summed E-state index contributed by atoms with van der Waals surface area (Å²) in [5, 5.41) is 3.99. The number of nitrogens with zero attached hydrogens (tertiary/aromatic N) is 2. The van der Waals surface area contributed by atoms with E-state index in [9.17, 15) is 4.79 Å². The van der Waals surface area contributed by atoms with Crippen LogP contribution in [0.2, 0.25) is 5.15 Å². The number of morpholine rings is 1. The van der Waals surface area contributed by atoms with E-state index in [1.807, 2.05) is 12.1 Å². The number of hydrogen-bond acceptors (Lipinski definition) is 7.